The largest absolute Gasteiger partial charge is 0.491 e. The van der Waals surface area contributed by atoms with Crippen LogP contribution in [-0.4, -0.2) is 17.7 Å². The number of hydrogen-bond acceptors (Lipinski definition) is 3. The topological polar surface area (TPSA) is 72.5 Å². The fourth-order valence-electron chi connectivity index (χ4n) is 1.86. The monoisotopic (exact) mass is 265 g/mol. The van der Waals surface area contributed by atoms with E-state index in [9.17, 15) is 4.79 Å². The zero-order valence-electron chi connectivity index (χ0n) is 11.5. The number of nitrogen functional groups attached to an aromatic ring is 1. The first kappa shape index (κ1) is 15.3. The van der Waals surface area contributed by atoms with Gasteiger partial charge in [-0.25, -0.2) is 4.79 Å². The third-order valence-corrected chi connectivity index (χ3v) is 3.02. The van der Waals surface area contributed by atoms with Crippen LogP contribution in [0.2, 0.25) is 0 Å². The molecule has 3 N–H and O–H groups in total. The second-order valence-electron chi connectivity index (χ2n) is 4.67. The summed E-state index contributed by atoms with van der Waals surface area (Å²) in [5.41, 5.74) is 6.44. The lowest BCUT2D eigenvalue weighted by Crippen LogP contribution is -2.03. The third kappa shape index (κ3) is 5.64. The molecule has 4 heteroatoms. The lowest BCUT2D eigenvalue weighted by molar-refractivity contribution is 0.0696. The van der Waals surface area contributed by atoms with E-state index >= 15 is 0 Å². The van der Waals surface area contributed by atoms with Gasteiger partial charge in [-0.3, -0.25) is 0 Å². The predicted molar refractivity (Wildman–Crippen MR) is 76.7 cm³/mol. The van der Waals surface area contributed by atoms with Crippen LogP contribution in [0.3, 0.4) is 0 Å². The first-order valence-corrected chi connectivity index (χ1v) is 6.90. The van der Waals surface area contributed by atoms with E-state index < -0.39 is 5.97 Å². The number of aromatic carboxylic acids is 1. The van der Waals surface area contributed by atoms with Crippen molar-refractivity contribution in [1.82, 2.24) is 0 Å². The Balaban J connectivity index is 2.32. The molecule has 0 aliphatic rings. The van der Waals surface area contributed by atoms with Crippen LogP contribution in [0.4, 0.5) is 5.69 Å². The van der Waals surface area contributed by atoms with Crippen LogP contribution < -0.4 is 10.5 Å². The second-order valence-corrected chi connectivity index (χ2v) is 4.67. The molecule has 0 saturated carbocycles. The van der Waals surface area contributed by atoms with Crippen molar-refractivity contribution in [1.29, 1.82) is 0 Å². The molecule has 0 amide bonds. The van der Waals surface area contributed by atoms with Gasteiger partial charge in [0.25, 0.3) is 0 Å². The Labute approximate surface area is 114 Å². The van der Waals surface area contributed by atoms with Gasteiger partial charge in [0.05, 0.1) is 17.9 Å². The number of ether oxygens (including phenoxy) is 1. The summed E-state index contributed by atoms with van der Waals surface area (Å²) in [6.07, 6.45) is 7.14. The molecule has 106 valence electrons. The van der Waals surface area contributed by atoms with Crippen LogP contribution in [0.25, 0.3) is 0 Å². The molecule has 4 nitrogen and oxygen atoms in total. The predicted octanol–water partition coefficient (Wildman–Crippen LogP) is 3.71. The normalized spacial score (nSPS) is 10.4. The Morgan fingerprint density at radius 1 is 1.21 bits per heavy atom. The van der Waals surface area contributed by atoms with E-state index in [0.717, 1.165) is 12.8 Å². The van der Waals surface area contributed by atoms with E-state index in [0.29, 0.717) is 18.0 Å². The molecule has 1 aromatic carbocycles. The second kappa shape index (κ2) is 8.40. The number of rotatable bonds is 9. The molecule has 0 unspecified atom stereocenters. The van der Waals surface area contributed by atoms with Gasteiger partial charge in [-0.1, -0.05) is 39.0 Å². The van der Waals surface area contributed by atoms with Crippen molar-refractivity contribution in [3.05, 3.63) is 23.8 Å². The average molecular weight is 265 g/mol. The zero-order valence-corrected chi connectivity index (χ0v) is 11.5. The molecule has 0 heterocycles. The van der Waals surface area contributed by atoms with Gasteiger partial charge < -0.3 is 15.6 Å². The number of hydrogen-bond donors (Lipinski definition) is 2. The van der Waals surface area contributed by atoms with Crippen LogP contribution in [0.1, 0.15) is 55.8 Å². The molecule has 0 fully saturated rings. The first-order chi connectivity index (χ1) is 9.15. The summed E-state index contributed by atoms with van der Waals surface area (Å²) in [6, 6.07) is 4.53. The van der Waals surface area contributed by atoms with Gasteiger partial charge in [0.15, 0.2) is 0 Å². The summed E-state index contributed by atoms with van der Waals surface area (Å²) >= 11 is 0. The van der Waals surface area contributed by atoms with E-state index in [1.54, 1.807) is 6.07 Å². The van der Waals surface area contributed by atoms with Gasteiger partial charge in [0.2, 0.25) is 0 Å². The summed E-state index contributed by atoms with van der Waals surface area (Å²) in [7, 11) is 0. The molecule has 1 aromatic rings. The number of unbranched alkanes of at least 4 members (excludes halogenated alkanes) is 5. The SMILES string of the molecule is CCCCCCCCOc1cc(C(=O)O)ccc1N. The summed E-state index contributed by atoms with van der Waals surface area (Å²) < 4.78 is 5.55. The summed E-state index contributed by atoms with van der Waals surface area (Å²) in [6.45, 7) is 2.78. The van der Waals surface area contributed by atoms with Crippen molar-refractivity contribution in [3.8, 4) is 5.75 Å². The van der Waals surface area contributed by atoms with Crippen molar-refractivity contribution in [2.24, 2.45) is 0 Å². The Morgan fingerprint density at radius 2 is 1.89 bits per heavy atom. The van der Waals surface area contributed by atoms with Crippen molar-refractivity contribution < 1.29 is 14.6 Å². The molecule has 0 spiro atoms. The molecule has 19 heavy (non-hydrogen) atoms. The van der Waals surface area contributed by atoms with E-state index in [4.69, 9.17) is 15.6 Å². The highest BCUT2D eigenvalue weighted by Crippen LogP contribution is 2.23. The van der Waals surface area contributed by atoms with Crippen molar-refractivity contribution in [2.75, 3.05) is 12.3 Å². The Kier molecular flexibility index (Phi) is 6.79. The molecule has 0 aliphatic heterocycles. The van der Waals surface area contributed by atoms with Gasteiger partial charge in [-0.2, -0.15) is 0 Å². The number of carbonyl (C=O) groups is 1. The maximum absolute atomic E-state index is 10.8. The summed E-state index contributed by atoms with van der Waals surface area (Å²) in [4.78, 5) is 10.8. The van der Waals surface area contributed by atoms with Gasteiger partial charge in [-0.05, 0) is 24.6 Å². The quantitative estimate of drug-likeness (QED) is 0.527. The highest BCUT2D eigenvalue weighted by molar-refractivity contribution is 5.89. The van der Waals surface area contributed by atoms with Crippen LogP contribution in [-0.2, 0) is 0 Å². The molecule has 0 atom stereocenters. The number of carboxylic acid groups (broad SMARTS) is 1. The number of benzene rings is 1. The molecule has 0 bridgehead atoms. The maximum atomic E-state index is 10.8. The Hall–Kier alpha value is -1.71. The minimum absolute atomic E-state index is 0.201. The number of carboxylic acids is 1. The van der Waals surface area contributed by atoms with Gasteiger partial charge in [-0.15, -0.1) is 0 Å². The maximum Gasteiger partial charge on any atom is 0.335 e. The first-order valence-electron chi connectivity index (χ1n) is 6.90. The minimum Gasteiger partial charge on any atom is -0.491 e. The van der Waals surface area contributed by atoms with Crippen LogP contribution in [0, 0.1) is 0 Å². The van der Waals surface area contributed by atoms with Gasteiger partial charge >= 0.3 is 5.97 Å². The van der Waals surface area contributed by atoms with Gasteiger partial charge in [0, 0.05) is 0 Å². The molecule has 0 aromatic heterocycles. The lowest BCUT2D eigenvalue weighted by atomic mass is 10.1. The Bertz CT molecular complexity index is 404. The van der Waals surface area contributed by atoms with Crippen molar-refractivity contribution >= 4 is 11.7 Å². The minimum atomic E-state index is -0.968. The fourth-order valence-corrected chi connectivity index (χ4v) is 1.86. The highest BCUT2D eigenvalue weighted by atomic mass is 16.5. The number of nitrogens with two attached hydrogens (primary N) is 1. The average Bonchev–Trinajstić information content (AvgIpc) is 2.39. The van der Waals surface area contributed by atoms with E-state index in [1.165, 1.54) is 37.8 Å². The summed E-state index contributed by atoms with van der Waals surface area (Å²) in [5, 5.41) is 8.90. The van der Waals surface area contributed by atoms with E-state index in [-0.39, 0.29) is 5.56 Å². The van der Waals surface area contributed by atoms with Crippen molar-refractivity contribution in [2.45, 2.75) is 45.4 Å². The standard InChI is InChI=1S/C15H23NO3/c1-2-3-4-5-6-7-10-19-14-11-12(15(17)18)8-9-13(14)16/h8-9,11H,2-7,10,16H2,1H3,(H,17,18). The van der Waals surface area contributed by atoms with Crippen molar-refractivity contribution in [3.63, 3.8) is 0 Å². The molecule has 0 saturated heterocycles. The Morgan fingerprint density at radius 3 is 2.58 bits per heavy atom. The lowest BCUT2D eigenvalue weighted by Gasteiger charge is -2.09. The fraction of sp³-hybridized carbons (Fsp3) is 0.533. The third-order valence-electron chi connectivity index (χ3n) is 3.02. The van der Waals surface area contributed by atoms with Crippen LogP contribution in [0.15, 0.2) is 18.2 Å². The number of anilines is 1. The molecule has 0 radical (unpaired) electrons. The van der Waals surface area contributed by atoms with Crippen LogP contribution >= 0.6 is 0 Å². The highest BCUT2D eigenvalue weighted by Gasteiger charge is 2.07. The summed E-state index contributed by atoms with van der Waals surface area (Å²) in [5.74, 6) is -0.502. The molecular formula is C15H23NO3. The zero-order chi connectivity index (χ0) is 14.1. The smallest absolute Gasteiger partial charge is 0.335 e. The van der Waals surface area contributed by atoms with Gasteiger partial charge in [0.1, 0.15) is 5.75 Å². The molecular weight excluding hydrogens is 242 g/mol. The van der Waals surface area contributed by atoms with Crippen LogP contribution in [0.5, 0.6) is 5.75 Å². The van der Waals surface area contributed by atoms with E-state index in [2.05, 4.69) is 6.92 Å². The van der Waals surface area contributed by atoms with E-state index in [1.807, 2.05) is 0 Å². The molecule has 0 aliphatic carbocycles. The molecule has 1 rings (SSSR count).